The van der Waals surface area contributed by atoms with E-state index >= 15 is 0 Å². The minimum atomic E-state index is -0.947. The first-order chi connectivity index (χ1) is 16.2. The van der Waals surface area contributed by atoms with Crippen molar-refractivity contribution in [2.24, 2.45) is 0 Å². The van der Waals surface area contributed by atoms with Crippen LogP contribution < -0.4 is 4.90 Å². The van der Waals surface area contributed by atoms with Gasteiger partial charge in [-0.25, -0.2) is 22.2 Å². The minimum Gasteiger partial charge on any atom is -0.302 e. The molecule has 9 heteroatoms. The summed E-state index contributed by atoms with van der Waals surface area (Å²) in [6, 6.07) is 13.6. The van der Waals surface area contributed by atoms with Crippen molar-refractivity contribution in [3.8, 4) is 16.9 Å². The molecule has 0 bridgehead atoms. The van der Waals surface area contributed by atoms with Crippen LogP contribution in [0.15, 0.2) is 66.7 Å². The van der Waals surface area contributed by atoms with Gasteiger partial charge in [-0.3, -0.25) is 4.79 Å². The zero-order valence-electron chi connectivity index (χ0n) is 18.1. The lowest BCUT2D eigenvalue weighted by atomic mass is 10.1. The summed E-state index contributed by atoms with van der Waals surface area (Å²) in [5.74, 6) is -4.04. The van der Waals surface area contributed by atoms with Gasteiger partial charge in [0.1, 0.15) is 34.0 Å². The van der Waals surface area contributed by atoms with Gasteiger partial charge in [-0.1, -0.05) is 41.9 Å². The molecule has 0 saturated carbocycles. The lowest BCUT2D eigenvalue weighted by Crippen LogP contribution is -2.38. The summed E-state index contributed by atoms with van der Waals surface area (Å²) in [7, 11) is 0. The topological polar surface area (TPSA) is 38.1 Å². The van der Waals surface area contributed by atoms with Crippen LogP contribution in [0.3, 0.4) is 0 Å². The second kappa shape index (κ2) is 9.30. The highest BCUT2D eigenvalue weighted by Gasteiger charge is 2.31. The van der Waals surface area contributed by atoms with E-state index in [-0.39, 0.29) is 27.8 Å². The summed E-state index contributed by atoms with van der Waals surface area (Å²) < 4.78 is 57.7. The molecule has 1 heterocycles. The Morgan fingerprint density at radius 3 is 2.21 bits per heavy atom. The number of rotatable bonds is 5. The van der Waals surface area contributed by atoms with Crippen molar-refractivity contribution in [1.82, 2.24) is 9.78 Å². The van der Waals surface area contributed by atoms with Gasteiger partial charge in [0.15, 0.2) is 5.69 Å². The first-order valence-electron chi connectivity index (χ1n) is 10.3. The van der Waals surface area contributed by atoms with E-state index in [1.165, 1.54) is 0 Å². The number of aromatic nitrogens is 2. The fourth-order valence-corrected chi connectivity index (χ4v) is 3.92. The molecule has 174 valence electrons. The number of hydrogen-bond donors (Lipinski definition) is 0. The number of hydrogen-bond acceptors (Lipinski definition) is 2. The smallest absolute Gasteiger partial charge is 0.280 e. The van der Waals surface area contributed by atoms with Crippen molar-refractivity contribution in [1.29, 1.82) is 0 Å². The predicted molar refractivity (Wildman–Crippen MR) is 122 cm³/mol. The van der Waals surface area contributed by atoms with E-state index in [4.69, 9.17) is 11.6 Å². The van der Waals surface area contributed by atoms with E-state index < -0.39 is 35.2 Å². The molecule has 0 aliphatic rings. The van der Waals surface area contributed by atoms with E-state index in [1.807, 2.05) is 0 Å². The van der Waals surface area contributed by atoms with E-state index in [1.54, 1.807) is 44.2 Å². The fraction of sp³-hybridized carbons (Fsp3) is 0.120. The maximum absolute atomic E-state index is 14.7. The van der Waals surface area contributed by atoms with Crippen LogP contribution in [0.1, 0.15) is 24.3 Å². The van der Waals surface area contributed by atoms with Gasteiger partial charge < -0.3 is 4.90 Å². The van der Waals surface area contributed by atoms with Gasteiger partial charge in [0.05, 0.1) is 11.4 Å². The number of carbonyl (C=O) groups excluding carboxylic acids is 1. The molecule has 1 amide bonds. The van der Waals surface area contributed by atoms with Crippen LogP contribution in [0.5, 0.6) is 0 Å². The van der Waals surface area contributed by atoms with Crippen molar-refractivity contribution in [3.63, 3.8) is 0 Å². The lowest BCUT2D eigenvalue weighted by molar-refractivity contribution is 0.0974. The number of carbonyl (C=O) groups is 1. The molecule has 0 aliphatic carbocycles. The molecule has 4 aromatic rings. The van der Waals surface area contributed by atoms with Gasteiger partial charge in [-0.15, -0.1) is 0 Å². The van der Waals surface area contributed by atoms with E-state index in [0.29, 0.717) is 11.6 Å². The highest BCUT2D eigenvalue weighted by Crippen LogP contribution is 2.35. The van der Waals surface area contributed by atoms with Crippen LogP contribution >= 0.6 is 11.6 Å². The first-order valence-corrected chi connectivity index (χ1v) is 10.6. The Kier molecular flexibility index (Phi) is 6.43. The molecule has 0 N–H and O–H groups in total. The molecular formula is C25H18ClF4N3O. The standard InChI is InChI=1S/C25H18ClF4N3O/c1-14(2)32(20-11-9-16(27)12-19(20)30)25(34)23-22(26)24(15-6-4-3-5-7-15)33(31-23)21-13-17(28)8-10-18(21)29/h3-14H,1-2H3. The molecule has 0 atom stereocenters. The summed E-state index contributed by atoms with van der Waals surface area (Å²) in [6.07, 6.45) is 0. The number of benzene rings is 3. The molecule has 0 unspecified atom stereocenters. The van der Waals surface area contributed by atoms with E-state index in [0.717, 1.165) is 39.9 Å². The third-order valence-corrected chi connectivity index (χ3v) is 5.48. The third kappa shape index (κ3) is 4.28. The molecule has 0 saturated heterocycles. The van der Waals surface area contributed by atoms with Crippen molar-refractivity contribution < 1.29 is 22.4 Å². The molecule has 1 aromatic heterocycles. The van der Waals surface area contributed by atoms with Crippen LogP contribution in [-0.2, 0) is 0 Å². The SMILES string of the molecule is CC(C)N(C(=O)c1nn(-c2cc(F)ccc2F)c(-c2ccccc2)c1Cl)c1ccc(F)cc1F. The monoisotopic (exact) mass is 487 g/mol. The van der Waals surface area contributed by atoms with Crippen molar-refractivity contribution in [3.05, 3.63) is 101 Å². The van der Waals surface area contributed by atoms with Crippen molar-refractivity contribution >= 4 is 23.2 Å². The van der Waals surface area contributed by atoms with Crippen LogP contribution in [0, 0.1) is 23.3 Å². The molecule has 34 heavy (non-hydrogen) atoms. The van der Waals surface area contributed by atoms with Gasteiger partial charge >= 0.3 is 0 Å². The minimum absolute atomic E-state index is 0.131. The van der Waals surface area contributed by atoms with Crippen molar-refractivity contribution in [2.45, 2.75) is 19.9 Å². The van der Waals surface area contributed by atoms with Crippen LogP contribution in [0.2, 0.25) is 5.02 Å². The van der Waals surface area contributed by atoms with Gasteiger partial charge in [0, 0.05) is 23.7 Å². The summed E-state index contributed by atoms with van der Waals surface area (Å²) in [4.78, 5) is 14.6. The number of halogens is 5. The Hall–Kier alpha value is -3.65. The molecule has 0 aliphatic heterocycles. The second-order valence-corrected chi connectivity index (χ2v) is 8.13. The predicted octanol–water partition coefficient (Wildman–Crippen LogP) is 6.80. The molecule has 4 rings (SSSR count). The summed E-state index contributed by atoms with van der Waals surface area (Å²) in [5, 5.41) is 4.09. The largest absolute Gasteiger partial charge is 0.302 e. The van der Waals surface area contributed by atoms with Crippen LogP contribution in [0.25, 0.3) is 16.9 Å². The summed E-state index contributed by atoms with van der Waals surface area (Å²) in [6.45, 7) is 3.27. The number of anilines is 1. The zero-order chi connectivity index (χ0) is 24.6. The Labute approximate surface area is 198 Å². The molecule has 0 fully saturated rings. The molecule has 0 radical (unpaired) electrons. The van der Waals surface area contributed by atoms with Gasteiger partial charge in [-0.05, 0) is 38.1 Å². The first kappa shape index (κ1) is 23.5. The average Bonchev–Trinajstić information content (AvgIpc) is 3.14. The van der Waals surface area contributed by atoms with Gasteiger partial charge in [-0.2, -0.15) is 5.10 Å². The molecular weight excluding hydrogens is 470 g/mol. The van der Waals surface area contributed by atoms with E-state index in [2.05, 4.69) is 5.10 Å². The molecule has 4 nitrogen and oxygen atoms in total. The van der Waals surface area contributed by atoms with Crippen LogP contribution in [0.4, 0.5) is 23.2 Å². The summed E-state index contributed by atoms with van der Waals surface area (Å²) in [5.41, 5.74) is -0.0964. The van der Waals surface area contributed by atoms with Crippen LogP contribution in [-0.4, -0.2) is 21.7 Å². The highest BCUT2D eigenvalue weighted by molar-refractivity contribution is 6.36. The number of nitrogens with zero attached hydrogens (tertiary/aromatic N) is 3. The zero-order valence-corrected chi connectivity index (χ0v) is 18.8. The maximum atomic E-state index is 14.7. The van der Waals surface area contributed by atoms with Gasteiger partial charge in [0.2, 0.25) is 0 Å². The maximum Gasteiger partial charge on any atom is 0.280 e. The Balaban J connectivity index is 1.94. The second-order valence-electron chi connectivity index (χ2n) is 7.75. The average molecular weight is 488 g/mol. The molecule has 0 spiro atoms. The van der Waals surface area contributed by atoms with E-state index in [9.17, 15) is 22.4 Å². The quantitative estimate of drug-likeness (QED) is 0.290. The van der Waals surface area contributed by atoms with Crippen molar-refractivity contribution in [2.75, 3.05) is 4.90 Å². The number of amides is 1. The Bertz CT molecular complexity index is 1370. The third-order valence-electron chi connectivity index (χ3n) is 5.12. The normalized spacial score (nSPS) is 11.2. The highest BCUT2D eigenvalue weighted by atomic mass is 35.5. The Morgan fingerprint density at radius 1 is 0.912 bits per heavy atom. The fourth-order valence-electron chi connectivity index (χ4n) is 3.62. The Morgan fingerprint density at radius 2 is 1.56 bits per heavy atom. The van der Waals surface area contributed by atoms with Gasteiger partial charge in [0.25, 0.3) is 5.91 Å². The summed E-state index contributed by atoms with van der Waals surface area (Å²) >= 11 is 6.60. The lowest BCUT2D eigenvalue weighted by Gasteiger charge is -2.26. The molecule has 3 aromatic carbocycles.